The van der Waals surface area contributed by atoms with E-state index in [1.54, 1.807) is 5.32 Å². The van der Waals surface area contributed by atoms with E-state index < -0.39 is 48.0 Å². The zero-order valence-electron chi connectivity index (χ0n) is 17.0. The monoisotopic (exact) mass is 491 g/mol. The van der Waals surface area contributed by atoms with Gasteiger partial charge < -0.3 is 15.2 Å². The van der Waals surface area contributed by atoms with Gasteiger partial charge in [-0.15, -0.1) is 13.2 Å². The number of aliphatic hydroxyl groups excluding tert-OH is 1. The summed E-state index contributed by atoms with van der Waals surface area (Å²) in [5.74, 6) is -1.99. The van der Waals surface area contributed by atoms with Crippen molar-refractivity contribution in [1.29, 1.82) is 0 Å². The molecule has 1 aromatic carbocycles. The first-order valence-corrected chi connectivity index (χ1v) is 9.26. The SMILES string of the molecule is Cn1cc(-n2nc(-c3ccc(OC(F)(F)F)cc3)cc(C(=O)NC(C(O)F)C(F)F)c2=O)cn1. The van der Waals surface area contributed by atoms with Gasteiger partial charge in [0.15, 0.2) is 0 Å². The topological polar surface area (TPSA) is 111 Å². The minimum absolute atomic E-state index is 0.0661. The molecule has 2 atom stereocenters. The molecule has 2 N–H and O–H groups in total. The number of halogens is 6. The van der Waals surface area contributed by atoms with Crippen LogP contribution in [0.5, 0.6) is 5.75 Å². The van der Waals surface area contributed by atoms with Crippen molar-refractivity contribution in [2.75, 3.05) is 0 Å². The second kappa shape index (κ2) is 9.54. The first kappa shape index (κ1) is 24.8. The number of alkyl halides is 6. The Labute approximate surface area is 186 Å². The Balaban J connectivity index is 2.08. The number of amides is 1. The predicted octanol–water partition coefficient (Wildman–Crippen LogP) is 2.18. The molecule has 0 saturated carbocycles. The number of carbonyl (C=O) groups excluding carboxylic acids is 1. The highest BCUT2D eigenvalue weighted by Gasteiger charge is 2.32. The highest BCUT2D eigenvalue weighted by atomic mass is 19.4. The molecule has 3 aromatic rings. The van der Waals surface area contributed by atoms with E-state index in [4.69, 9.17) is 5.11 Å². The van der Waals surface area contributed by atoms with Crippen molar-refractivity contribution in [2.24, 2.45) is 7.05 Å². The van der Waals surface area contributed by atoms with Crippen LogP contribution in [0.4, 0.5) is 26.3 Å². The molecule has 0 aliphatic heterocycles. The lowest BCUT2D eigenvalue weighted by atomic mass is 10.1. The number of nitrogens with one attached hydrogen (secondary N) is 1. The molecule has 3 rings (SSSR count). The molecule has 182 valence electrons. The van der Waals surface area contributed by atoms with E-state index >= 15 is 0 Å². The van der Waals surface area contributed by atoms with Crippen molar-refractivity contribution in [3.63, 3.8) is 0 Å². The number of rotatable bonds is 7. The number of aryl methyl sites for hydroxylation is 1. The number of ether oxygens (including phenoxy) is 1. The van der Waals surface area contributed by atoms with E-state index in [0.29, 0.717) is 4.68 Å². The highest BCUT2D eigenvalue weighted by Crippen LogP contribution is 2.26. The lowest BCUT2D eigenvalue weighted by Crippen LogP contribution is -2.48. The molecule has 0 fully saturated rings. The summed E-state index contributed by atoms with van der Waals surface area (Å²) >= 11 is 0. The maximum absolute atomic E-state index is 13.1. The molecule has 0 aliphatic carbocycles. The first-order chi connectivity index (χ1) is 15.9. The molecule has 0 spiro atoms. The Bertz CT molecular complexity index is 1220. The average Bonchev–Trinajstić information content (AvgIpc) is 3.17. The van der Waals surface area contributed by atoms with Crippen molar-refractivity contribution in [3.8, 4) is 22.7 Å². The van der Waals surface area contributed by atoms with Crippen LogP contribution in [0.25, 0.3) is 16.9 Å². The molecule has 15 heteroatoms. The van der Waals surface area contributed by atoms with Crippen LogP contribution in [-0.4, -0.2) is 55.8 Å². The van der Waals surface area contributed by atoms with Crippen LogP contribution in [0.15, 0.2) is 47.5 Å². The highest BCUT2D eigenvalue weighted by molar-refractivity contribution is 5.95. The Kier molecular flexibility index (Phi) is 6.95. The minimum atomic E-state index is -4.93. The molecule has 9 nitrogen and oxygen atoms in total. The molecule has 0 saturated heterocycles. The lowest BCUT2D eigenvalue weighted by Gasteiger charge is -2.18. The minimum Gasteiger partial charge on any atom is -0.406 e. The van der Waals surface area contributed by atoms with Gasteiger partial charge in [-0.05, 0) is 30.3 Å². The molecular weight excluding hydrogens is 476 g/mol. The second-order valence-electron chi connectivity index (χ2n) is 6.81. The Morgan fingerprint density at radius 2 is 1.82 bits per heavy atom. The normalized spacial score (nSPS) is 13.6. The molecule has 0 aliphatic rings. The molecule has 34 heavy (non-hydrogen) atoms. The maximum Gasteiger partial charge on any atom is 0.573 e. The Morgan fingerprint density at radius 3 is 2.32 bits per heavy atom. The van der Waals surface area contributed by atoms with Gasteiger partial charge in [0.1, 0.15) is 23.0 Å². The smallest absolute Gasteiger partial charge is 0.406 e. The largest absolute Gasteiger partial charge is 0.573 e. The third kappa shape index (κ3) is 5.72. The number of hydrogen-bond donors (Lipinski definition) is 2. The molecule has 1 amide bonds. The van der Waals surface area contributed by atoms with Crippen LogP contribution >= 0.6 is 0 Å². The van der Waals surface area contributed by atoms with Gasteiger partial charge in [-0.1, -0.05) is 0 Å². The van der Waals surface area contributed by atoms with E-state index in [1.165, 1.54) is 24.1 Å². The van der Waals surface area contributed by atoms with Crippen LogP contribution in [0.3, 0.4) is 0 Å². The molecule has 2 aromatic heterocycles. The third-order valence-corrected chi connectivity index (χ3v) is 4.34. The fraction of sp³-hybridized carbons (Fsp3) is 0.263. The van der Waals surface area contributed by atoms with Crippen molar-refractivity contribution in [3.05, 3.63) is 58.6 Å². The molecule has 2 unspecified atom stereocenters. The standard InChI is InChI=1S/C19H15F6N5O4/c1-29-8-10(7-26-29)30-18(33)12(17(32)27-14(15(20)21)16(22)31)6-13(28-30)9-2-4-11(5-3-9)34-19(23,24)25/h2-8,14-16,31H,1H3,(H,27,32). The van der Waals surface area contributed by atoms with E-state index in [9.17, 15) is 35.9 Å². The van der Waals surface area contributed by atoms with Crippen LogP contribution in [0.1, 0.15) is 10.4 Å². The zero-order valence-corrected chi connectivity index (χ0v) is 17.0. The first-order valence-electron chi connectivity index (χ1n) is 9.26. The van der Waals surface area contributed by atoms with Crippen molar-refractivity contribution < 1.29 is 41.0 Å². The quantitative estimate of drug-likeness (QED) is 0.491. The lowest BCUT2D eigenvalue weighted by molar-refractivity contribution is -0.274. The van der Waals surface area contributed by atoms with Gasteiger partial charge in [-0.3, -0.25) is 14.3 Å². The van der Waals surface area contributed by atoms with Gasteiger partial charge >= 0.3 is 6.36 Å². The van der Waals surface area contributed by atoms with Crippen LogP contribution in [0.2, 0.25) is 0 Å². The maximum atomic E-state index is 13.1. The van der Waals surface area contributed by atoms with E-state index in [2.05, 4.69) is 14.9 Å². The van der Waals surface area contributed by atoms with Crippen LogP contribution in [-0.2, 0) is 7.05 Å². The number of carbonyl (C=O) groups is 1. The second-order valence-corrected chi connectivity index (χ2v) is 6.81. The summed E-state index contributed by atoms with van der Waals surface area (Å²) in [5, 5.41) is 18.3. The summed E-state index contributed by atoms with van der Waals surface area (Å²) in [6.45, 7) is 0. The predicted molar refractivity (Wildman–Crippen MR) is 103 cm³/mol. The summed E-state index contributed by atoms with van der Waals surface area (Å²) in [6, 6.07) is 2.48. The number of benzene rings is 1. The third-order valence-electron chi connectivity index (χ3n) is 4.34. The zero-order chi connectivity index (χ0) is 25.2. The fourth-order valence-corrected chi connectivity index (χ4v) is 2.80. The van der Waals surface area contributed by atoms with Crippen molar-refractivity contribution in [2.45, 2.75) is 25.2 Å². The number of aliphatic hydroxyl groups is 1. The van der Waals surface area contributed by atoms with Crippen molar-refractivity contribution in [1.82, 2.24) is 24.9 Å². The summed E-state index contributed by atoms with van der Waals surface area (Å²) in [4.78, 5) is 25.4. The van der Waals surface area contributed by atoms with Gasteiger partial charge in [-0.2, -0.15) is 14.9 Å². The van der Waals surface area contributed by atoms with Crippen LogP contribution < -0.4 is 15.6 Å². The van der Waals surface area contributed by atoms with E-state index in [0.717, 1.165) is 30.3 Å². The summed E-state index contributed by atoms with van der Waals surface area (Å²) in [5.41, 5.74) is -1.78. The molecular formula is C19H15F6N5O4. The van der Waals surface area contributed by atoms with Gasteiger partial charge in [0.05, 0.1) is 18.1 Å². The Morgan fingerprint density at radius 1 is 1.18 bits per heavy atom. The van der Waals surface area contributed by atoms with Crippen molar-refractivity contribution >= 4 is 5.91 Å². The Hall–Kier alpha value is -3.88. The van der Waals surface area contributed by atoms with Gasteiger partial charge in [0.2, 0.25) is 6.36 Å². The van der Waals surface area contributed by atoms with Gasteiger partial charge in [-0.25, -0.2) is 13.2 Å². The van der Waals surface area contributed by atoms with Crippen LogP contribution in [0, 0.1) is 0 Å². The number of hydrogen-bond acceptors (Lipinski definition) is 6. The van der Waals surface area contributed by atoms with E-state index in [-0.39, 0.29) is 16.9 Å². The molecule has 2 heterocycles. The van der Waals surface area contributed by atoms with Gasteiger partial charge in [0, 0.05) is 12.6 Å². The molecule has 0 radical (unpaired) electrons. The summed E-state index contributed by atoms with van der Waals surface area (Å²) in [7, 11) is 1.52. The number of aromatic nitrogens is 4. The molecule has 0 bridgehead atoms. The summed E-state index contributed by atoms with van der Waals surface area (Å²) in [6.07, 6.45) is -9.00. The summed E-state index contributed by atoms with van der Waals surface area (Å²) < 4.78 is 82.0. The average molecular weight is 491 g/mol. The number of nitrogens with zero attached hydrogens (tertiary/aromatic N) is 4. The van der Waals surface area contributed by atoms with E-state index in [1.807, 2.05) is 0 Å². The fourth-order valence-electron chi connectivity index (χ4n) is 2.80. The van der Waals surface area contributed by atoms with Gasteiger partial charge in [0.25, 0.3) is 17.9 Å².